The predicted octanol–water partition coefficient (Wildman–Crippen LogP) is 9.14. The Hall–Kier alpha value is -4.30. The third-order valence-corrected chi connectivity index (χ3v) is 7.56. The van der Waals surface area contributed by atoms with Crippen LogP contribution in [-0.4, -0.2) is 4.57 Å². The third-order valence-electron chi connectivity index (χ3n) is 7.56. The summed E-state index contributed by atoms with van der Waals surface area (Å²) >= 11 is 0. The van der Waals surface area contributed by atoms with Gasteiger partial charge in [-0.2, -0.15) is 0 Å². The van der Waals surface area contributed by atoms with Gasteiger partial charge in [-0.15, -0.1) is 0 Å². The molecule has 0 saturated carbocycles. The first-order valence-corrected chi connectivity index (χ1v) is 12.2. The van der Waals surface area contributed by atoms with E-state index in [-0.39, 0.29) is 5.41 Å². The number of rotatable bonds is 2. The Morgan fingerprint density at radius 3 is 1.63 bits per heavy atom. The van der Waals surface area contributed by atoms with E-state index in [4.69, 9.17) is 2.97 Å². The summed E-state index contributed by atoms with van der Waals surface area (Å²) in [6.07, 6.45) is 0. The van der Waals surface area contributed by atoms with Crippen LogP contribution in [-0.2, 0) is 5.41 Å². The molecule has 0 atom stereocenters. The van der Waals surface area contributed by atoms with E-state index in [0.29, 0.717) is 0 Å². The highest BCUT2D eigenvalue weighted by atomic mass is 15.2. The van der Waals surface area contributed by atoms with Crippen LogP contribution in [0.2, 0.25) is 0 Å². The number of fused-ring (bicyclic) bond motifs is 5. The highest BCUT2D eigenvalue weighted by Crippen LogP contribution is 2.51. The van der Waals surface area contributed by atoms with E-state index >= 15 is 0 Å². The summed E-state index contributed by atoms with van der Waals surface area (Å²) in [5.74, 6) is 0. The van der Waals surface area contributed by atoms with E-state index in [1.807, 2.05) is 0 Å². The van der Waals surface area contributed by atoms with Gasteiger partial charge in [0.05, 0.1) is 22.4 Å². The molecule has 2 heterocycles. The van der Waals surface area contributed by atoms with E-state index in [0.717, 1.165) is 0 Å². The molecule has 0 unspecified atom stereocenters. The van der Waals surface area contributed by atoms with Crippen molar-refractivity contribution in [1.82, 2.24) is 4.57 Å². The zero-order valence-electron chi connectivity index (χ0n) is 21.9. The van der Waals surface area contributed by atoms with Gasteiger partial charge < -0.3 is 9.47 Å². The largest absolute Gasteiger partial charge is 0.310 e. The van der Waals surface area contributed by atoms with Crippen LogP contribution in [0.1, 0.15) is 27.9 Å². The fraction of sp³-hybridized carbons (Fsp3) is 0.0909. The molecule has 1 aliphatic heterocycles. The van der Waals surface area contributed by atoms with Crippen molar-refractivity contribution in [3.63, 3.8) is 0 Å². The maximum atomic E-state index is 5.00. The minimum Gasteiger partial charge on any atom is -0.310 e. The van der Waals surface area contributed by atoms with Crippen molar-refractivity contribution in [2.75, 3.05) is 4.90 Å². The van der Waals surface area contributed by atoms with Crippen molar-refractivity contribution in [2.24, 2.45) is 0 Å². The molecular formula is C33H28N2. The number of hydrogen-bond donors (Lipinski definition) is 0. The van der Waals surface area contributed by atoms with E-state index in [9.17, 15) is 0 Å². The lowest BCUT2D eigenvalue weighted by atomic mass is 9.73. The minimum absolute atomic E-state index is 0.0614. The lowest BCUT2D eigenvalue weighted by Crippen LogP contribution is -2.30. The first-order valence-electron chi connectivity index (χ1n) is 13.2. The van der Waals surface area contributed by atoms with Crippen LogP contribution in [0, 0.1) is 0 Å². The molecule has 0 aliphatic carbocycles. The standard InChI is InChI=1S/C33H26N2.H2/c1-33(2)27-16-5-9-20-31(27)35(32-21-10-6-17-28(32)33)24-13-11-12-23(22-24)34-29-18-7-3-14-25(29)26-15-4-8-19-30(26)34;/h3-22H,1-2H3;1H/i;1+1D. The maximum absolute atomic E-state index is 5.00. The summed E-state index contributed by atoms with van der Waals surface area (Å²) in [5.41, 5.74) is 9.92. The van der Waals surface area contributed by atoms with Crippen molar-refractivity contribution in [3.8, 4) is 5.69 Å². The zero-order chi connectivity index (χ0) is 25.6. The topological polar surface area (TPSA) is 8.17 Å². The Kier molecular flexibility index (Phi) is 4.00. The van der Waals surface area contributed by atoms with Gasteiger partial charge >= 0.3 is 0 Å². The molecule has 2 heteroatoms. The Balaban J connectivity index is 0.00000123. The van der Waals surface area contributed by atoms with Gasteiger partial charge in [0.25, 0.3) is 0 Å². The molecule has 7 rings (SSSR count). The maximum Gasteiger partial charge on any atom is 0.0541 e. The number of para-hydroxylation sites is 4. The van der Waals surface area contributed by atoms with Crippen LogP contribution in [0.15, 0.2) is 121 Å². The number of hydrogen-bond acceptors (Lipinski definition) is 1. The summed E-state index contributed by atoms with van der Waals surface area (Å²) in [6.45, 7) is 4.66. The summed E-state index contributed by atoms with van der Waals surface area (Å²) in [4.78, 5) is 2.42. The lowest BCUT2D eigenvalue weighted by Gasteiger charge is -2.42. The second-order valence-electron chi connectivity index (χ2n) is 9.88. The van der Waals surface area contributed by atoms with Gasteiger partial charge in [0.2, 0.25) is 0 Å². The summed E-state index contributed by atoms with van der Waals surface area (Å²) < 4.78 is 12.4. The van der Waals surface area contributed by atoms with Gasteiger partial charge in [-0.3, -0.25) is 0 Å². The van der Waals surface area contributed by atoms with Crippen molar-refractivity contribution < 1.29 is 2.97 Å². The normalized spacial score (nSPS) is 14.4. The molecule has 0 bridgehead atoms. The Morgan fingerprint density at radius 2 is 1.03 bits per heavy atom. The monoisotopic (exact) mass is 454 g/mol. The number of anilines is 3. The van der Waals surface area contributed by atoms with Gasteiger partial charge in [0.15, 0.2) is 0 Å². The first kappa shape index (κ1) is 19.1. The first-order chi connectivity index (χ1) is 18.1. The number of benzene rings is 5. The van der Waals surface area contributed by atoms with E-state index in [2.05, 4.69) is 145 Å². The molecule has 0 saturated heterocycles. The second kappa shape index (κ2) is 7.35. The molecule has 2 nitrogen and oxygen atoms in total. The molecule has 6 aromatic rings. The summed E-state index contributed by atoms with van der Waals surface area (Å²) in [7, 11) is 0. The van der Waals surface area contributed by atoms with Crippen LogP contribution in [0.5, 0.6) is 0 Å². The second-order valence-corrected chi connectivity index (χ2v) is 9.88. The Morgan fingerprint density at radius 1 is 0.543 bits per heavy atom. The Bertz CT molecular complexity index is 1650. The highest BCUT2D eigenvalue weighted by molar-refractivity contribution is 6.09. The van der Waals surface area contributed by atoms with Gasteiger partial charge in [0, 0.05) is 30.5 Å². The van der Waals surface area contributed by atoms with E-state index < -0.39 is 0 Å². The molecule has 170 valence electrons. The SMILES string of the molecule is CC1(C)c2ccccc2N(c2cccc(-n3c4ccccc4c4ccccc43)c2)c2ccccc21.[2H][2H]. The van der Waals surface area contributed by atoms with Crippen molar-refractivity contribution in [1.29, 1.82) is 0 Å². The van der Waals surface area contributed by atoms with Crippen molar-refractivity contribution in [2.45, 2.75) is 19.3 Å². The summed E-state index contributed by atoms with van der Waals surface area (Å²) in [6, 6.07) is 44.0. The summed E-state index contributed by atoms with van der Waals surface area (Å²) in [5, 5.41) is 2.56. The van der Waals surface area contributed by atoms with Gasteiger partial charge in [-0.1, -0.05) is 92.7 Å². The molecule has 0 spiro atoms. The van der Waals surface area contributed by atoms with E-state index in [1.165, 1.54) is 55.7 Å². The molecule has 0 N–H and O–H groups in total. The Labute approximate surface area is 208 Å². The fourth-order valence-corrected chi connectivity index (χ4v) is 5.92. The van der Waals surface area contributed by atoms with Crippen molar-refractivity contribution >= 4 is 38.9 Å². The van der Waals surface area contributed by atoms with Gasteiger partial charge in [-0.05, 0) is 53.6 Å². The molecule has 0 radical (unpaired) electrons. The van der Waals surface area contributed by atoms with Crippen LogP contribution < -0.4 is 4.90 Å². The lowest BCUT2D eigenvalue weighted by molar-refractivity contribution is 0.632. The predicted molar refractivity (Wildman–Crippen MR) is 150 cm³/mol. The van der Waals surface area contributed by atoms with Gasteiger partial charge in [-0.25, -0.2) is 0 Å². The smallest absolute Gasteiger partial charge is 0.0541 e. The van der Waals surface area contributed by atoms with Crippen LogP contribution in [0.4, 0.5) is 17.1 Å². The number of nitrogens with zero attached hydrogens (tertiary/aromatic N) is 2. The fourth-order valence-electron chi connectivity index (χ4n) is 5.92. The van der Waals surface area contributed by atoms with Crippen LogP contribution >= 0.6 is 0 Å². The average molecular weight is 455 g/mol. The average Bonchev–Trinajstić information content (AvgIpc) is 3.29. The van der Waals surface area contributed by atoms with Crippen LogP contribution in [0.25, 0.3) is 27.5 Å². The minimum atomic E-state index is -0.0614. The molecule has 1 aromatic heterocycles. The molecule has 0 amide bonds. The quantitative estimate of drug-likeness (QED) is 0.253. The van der Waals surface area contributed by atoms with Gasteiger partial charge in [0.1, 0.15) is 0 Å². The van der Waals surface area contributed by atoms with E-state index in [1.54, 1.807) is 0 Å². The highest BCUT2D eigenvalue weighted by Gasteiger charge is 2.36. The third kappa shape index (κ3) is 2.83. The molecule has 1 aliphatic rings. The zero-order valence-corrected chi connectivity index (χ0v) is 19.9. The molecule has 5 aromatic carbocycles. The number of aromatic nitrogens is 1. The molecular weight excluding hydrogens is 424 g/mol. The van der Waals surface area contributed by atoms with Crippen LogP contribution in [0.3, 0.4) is 0 Å². The van der Waals surface area contributed by atoms with Crippen molar-refractivity contribution in [3.05, 3.63) is 132 Å². The molecule has 0 fully saturated rings. The molecule has 35 heavy (non-hydrogen) atoms.